The second kappa shape index (κ2) is 7.53. The summed E-state index contributed by atoms with van der Waals surface area (Å²) in [5.74, 6) is -0.160. The van der Waals surface area contributed by atoms with E-state index in [1.807, 2.05) is 6.92 Å². The first-order valence-corrected chi connectivity index (χ1v) is 7.96. The van der Waals surface area contributed by atoms with Crippen LogP contribution in [0.15, 0.2) is 18.2 Å². The number of carboxylic acid groups (broad SMARTS) is 1. The Morgan fingerprint density at radius 3 is 2.62 bits per heavy atom. The Hall–Kier alpha value is -2.28. The summed E-state index contributed by atoms with van der Waals surface area (Å²) in [6.45, 7) is 2.94. The first kappa shape index (κ1) is 18.1. The molecule has 0 heterocycles. The fraction of sp³-hybridized carbons (Fsp3) is 0.529. The van der Waals surface area contributed by atoms with E-state index >= 15 is 0 Å². The molecule has 0 saturated heterocycles. The molecule has 2 rings (SSSR count). The van der Waals surface area contributed by atoms with Crippen LogP contribution in [-0.4, -0.2) is 43.0 Å². The summed E-state index contributed by atoms with van der Waals surface area (Å²) in [6, 6.07) is 5.22. The van der Waals surface area contributed by atoms with Crippen molar-refractivity contribution in [2.24, 2.45) is 5.73 Å². The average Bonchev–Trinajstić information content (AvgIpc) is 3.30. The summed E-state index contributed by atoms with van der Waals surface area (Å²) in [6.07, 6.45) is 1.26. The van der Waals surface area contributed by atoms with E-state index in [9.17, 15) is 9.59 Å². The molecule has 2 amide bonds. The minimum atomic E-state index is -1.02. The van der Waals surface area contributed by atoms with Gasteiger partial charge in [0.15, 0.2) is 0 Å². The van der Waals surface area contributed by atoms with E-state index in [4.69, 9.17) is 20.3 Å². The Labute approximate surface area is 141 Å². The Morgan fingerprint density at radius 2 is 2.08 bits per heavy atom. The number of carbonyl (C=O) groups excluding carboxylic acids is 1. The standard InChI is InChI=1S/C17H24N2O5/c1-11(17(6-7-17)19-16(21)22)12-4-5-13(15(18)20)14(10-12)24-9-3-8-23-2/h4-5,10-11,19H,3,6-9H2,1-2H3,(H2,18,20)(H,21,22). The number of carbonyl (C=O) groups is 2. The van der Waals surface area contributed by atoms with Crippen molar-refractivity contribution in [2.75, 3.05) is 20.3 Å². The highest BCUT2D eigenvalue weighted by molar-refractivity contribution is 5.95. The lowest BCUT2D eigenvalue weighted by Crippen LogP contribution is -2.39. The van der Waals surface area contributed by atoms with Crippen LogP contribution < -0.4 is 15.8 Å². The summed E-state index contributed by atoms with van der Waals surface area (Å²) in [7, 11) is 1.61. The Kier molecular flexibility index (Phi) is 5.66. The van der Waals surface area contributed by atoms with Gasteiger partial charge < -0.3 is 25.6 Å². The lowest BCUT2D eigenvalue weighted by atomic mass is 9.90. The van der Waals surface area contributed by atoms with Crippen LogP contribution in [0.3, 0.4) is 0 Å². The van der Waals surface area contributed by atoms with Crippen molar-refractivity contribution in [1.82, 2.24) is 5.32 Å². The molecule has 7 nitrogen and oxygen atoms in total. The number of ether oxygens (including phenoxy) is 2. The minimum absolute atomic E-state index is 0.0307. The minimum Gasteiger partial charge on any atom is -0.493 e. The number of methoxy groups -OCH3 is 1. The van der Waals surface area contributed by atoms with Crippen LogP contribution in [0, 0.1) is 0 Å². The number of nitrogens with two attached hydrogens (primary N) is 1. The van der Waals surface area contributed by atoms with Gasteiger partial charge in [0.25, 0.3) is 5.91 Å². The summed E-state index contributed by atoms with van der Waals surface area (Å²) < 4.78 is 10.7. The molecule has 0 aliphatic heterocycles. The highest BCUT2D eigenvalue weighted by Crippen LogP contribution is 2.47. The van der Waals surface area contributed by atoms with Crippen molar-refractivity contribution in [1.29, 1.82) is 0 Å². The molecule has 1 saturated carbocycles. The zero-order valence-corrected chi connectivity index (χ0v) is 14.0. The van der Waals surface area contributed by atoms with Gasteiger partial charge in [0.2, 0.25) is 0 Å². The molecule has 1 aromatic carbocycles. The average molecular weight is 336 g/mol. The molecule has 24 heavy (non-hydrogen) atoms. The van der Waals surface area contributed by atoms with Crippen LogP contribution in [0.2, 0.25) is 0 Å². The van der Waals surface area contributed by atoms with Gasteiger partial charge in [-0.1, -0.05) is 13.0 Å². The van der Waals surface area contributed by atoms with Gasteiger partial charge in [0.1, 0.15) is 5.75 Å². The fourth-order valence-electron chi connectivity index (χ4n) is 2.85. The van der Waals surface area contributed by atoms with Crippen LogP contribution in [0.1, 0.15) is 48.0 Å². The molecule has 0 aromatic heterocycles. The molecule has 4 N–H and O–H groups in total. The number of amides is 2. The van der Waals surface area contributed by atoms with Gasteiger partial charge in [0.05, 0.1) is 17.7 Å². The SMILES string of the molecule is COCCCOc1cc(C(C)C2(NC(=O)O)CC2)ccc1C(N)=O. The third-order valence-corrected chi connectivity index (χ3v) is 4.49. The number of primary amides is 1. The van der Waals surface area contributed by atoms with Gasteiger partial charge >= 0.3 is 6.09 Å². The molecule has 1 aliphatic rings. The maximum Gasteiger partial charge on any atom is 0.405 e. The van der Waals surface area contributed by atoms with Crippen molar-refractivity contribution in [3.63, 3.8) is 0 Å². The normalized spacial score (nSPS) is 16.2. The third kappa shape index (κ3) is 4.17. The molecule has 1 aliphatic carbocycles. The number of rotatable bonds is 9. The molecule has 1 aromatic rings. The summed E-state index contributed by atoms with van der Waals surface area (Å²) >= 11 is 0. The zero-order chi connectivity index (χ0) is 17.7. The van der Waals surface area contributed by atoms with Gasteiger partial charge in [0, 0.05) is 26.1 Å². The van der Waals surface area contributed by atoms with Gasteiger partial charge in [-0.3, -0.25) is 4.79 Å². The summed E-state index contributed by atoms with van der Waals surface area (Å²) in [5, 5.41) is 11.6. The van der Waals surface area contributed by atoms with E-state index in [0.717, 1.165) is 18.4 Å². The molecule has 0 spiro atoms. The molecular formula is C17H24N2O5. The van der Waals surface area contributed by atoms with Crippen molar-refractivity contribution in [2.45, 2.75) is 37.6 Å². The van der Waals surface area contributed by atoms with Crippen molar-refractivity contribution in [3.05, 3.63) is 29.3 Å². The first-order valence-electron chi connectivity index (χ1n) is 7.96. The Morgan fingerprint density at radius 1 is 1.38 bits per heavy atom. The second-order valence-electron chi connectivity index (χ2n) is 6.12. The van der Waals surface area contributed by atoms with Crippen molar-refractivity contribution >= 4 is 12.0 Å². The third-order valence-electron chi connectivity index (χ3n) is 4.49. The van der Waals surface area contributed by atoms with Crippen LogP contribution >= 0.6 is 0 Å². The lowest BCUT2D eigenvalue weighted by molar-refractivity contribution is 0.0995. The van der Waals surface area contributed by atoms with Crippen LogP contribution in [0.4, 0.5) is 4.79 Å². The first-order chi connectivity index (χ1) is 11.4. The van der Waals surface area contributed by atoms with E-state index in [2.05, 4.69) is 5.32 Å². The van der Waals surface area contributed by atoms with Crippen molar-refractivity contribution in [3.8, 4) is 5.75 Å². The van der Waals surface area contributed by atoms with Gasteiger partial charge in [-0.25, -0.2) is 4.79 Å². The Bertz CT molecular complexity index is 613. The van der Waals surface area contributed by atoms with Gasteiger partial charge in [-0.05, 0) is 30.5 Å². The topological polar surface area (TPSA) is 111 Å². The predicted octanol–water partition coefficient (Wildman–Crippen LogP) is 2.10. The molecule has 132 valence electrons. The van der Waals surface area contributed by atoms with Crippen LogP contribution in [-0.2, 0) is 4.74 Å². The second-order valence-corrected chi connectivity index (χ2v) is 6.12. The maximum absolute atomic E-state index is 11.6. The van der Waals surface area contributed by atoms with Gasteiger partial charge in [-0.15, -0.1) is 0 Å². The monoisotopic (exact) mass is 336 g/mol. The number of hydrogen-bond acceptors (Lipinski definition) is 4. The highest BCUT2D eigenvalue weighted by atomic mass is 16.5. The molecule has 0 radical (unpaired) electrons. The molecule has 1 atom stereocenters. The molecule has 0 bridgehead atoms. The number of nitrogens with one attached hydrogen (secondary N) is 1. The number of hydrogen-bond donors (Lipinski definition) is 3. The Balaban J connectivity index is 2.18. The molecule has 1 fully saturated rings. The smallest absolute Gasteiger partial charge is 0.405 e. The summed E-state index contributed by atoms with van der Waals surface area (Å²) in [4.78, 5) is 22.6. The van der Waals surface area contributed by atoms with E-state index in [-0.39, 0.29) is 5.92 Å². The van der Waals surface area contributed by atoms with Crippen LogP contribution in [0.5, 0.6) is 5.75 Å². The van der Waals surface area contributed by atoms with Crippen molar-refractivity contribution < 1.29 is 24.2 Å². The van der Waals surface area contributed by atoms with E-state index in [0.29, 0.717) is 30.9 Å². The predicted molar refractivity (Wildman–Crippen MR) is 88.5 cm³/mol. The lowest BCUT2D eigenvalue weighted by Gasteiger charge is -2.24. The van der Waals surface area contributed by atoms with E-state index < -0.39 is 17.5 Å². The molecular weight excluding hydrogens is 312 g/mol. The quantitative estimate of drug-likeness (QED) is 0.598. The largest absolute Gasteiger partial charge is 0.493 e. The fourth-order valence-corrected chi connectivity index (χ4v) is 2.85. The zero-order valence-electron chi connectivity index (χ0n) is 14.0. The number of benzene rings is 1. The van der Waals surface area contributed by atoms with E-state index in [1.54, 1.807) is 25.3 Å². The molecule has 1 unspecified atom stereocenters. The van der Waals surface area contributed by atoms with Gasteiger partial charge in [-0.2, -0.15) is 0 Å². The maximum atomic E-state index is 11.6. The molecule has 7 heteroatoms. The van der Waals surface area contributed by atoms with E-state index in [1.165, 1.54) is 0 Å². The summed E-state index contributed by atoms with van der Waals surface area (Å²) in [5.41, 5.74) is 6.19. The van der Waals surface area contributed by atoms with Crippen LogP contribution in [0.25, 0.3) is 0 Å². The highest BCUT2D eigenvalue weighted by Gasteiger charge is 2.49.